The summed E-state index contributed by atoms with van der Waals surface area (Å²) >= 11 is 0. The highest BCUT2D eigenvalue weighted by Gasteiger charge is 2.42. The van der Waals surface area contributed by atoms with Crippen LogP contribution < -0.4 is 0 Å². The first-order chi connectivity index (χ1) is 13.1. The summed E-state index contributed by atoms with van der Waals surface area (Å²) in [4.78, 5) is 23.6. The number of hydrogen-bond acceptors (Lipinski definition) is 8. The molecule has 0 fully saturated rings. The molecule has 0 radical (unpaired) electrons. The quantitative estimate of drug-likeness (QED) is 0.448. The summed E-state index contributed by atoms with van der Waals surface area (Å²) in [6, 6.07) is 9.05. The molecule has 0 aromatic heterocycles. The number of carbonyl (C=O) groups is 2. The Morgan fingerprint density at radius 2 is 1.85 bits per heavy atom. The molecule has 0 bridgehead atoms. The molecular weight excluding hydrogens is 356 g/mol. The molecule has 0 spiro atoms. The zero-order chi connectivity index (χ0) is 19.6. The van der Waals surface area contributed by atoms with Crippen molar-refractivity contribution in [2.75, 3.05) is 27.8 Å². The monoisotopic (exact) mass is 380 g/mol. The number of cyclic esters (lactones) is 1. The molecule has 148 valence electrons. The summed E-state index contributed by atoms with van der Waals surface area (Å²) in [6.45, 7) is 1.20. The van der Waals surface area contributed by atoms with Crippen molar-refractivity contribution in [2.24, 2.45) is 0 Å². The third-order valence-corrected chi connectivity index (χ3v) is 3.80. The van der Waals surface area contributed by atoms with Crippen LogP contribution in [-0.4, -0.2) is 58.1 Å². The first-order valence-corrected chi connectivity index (χ1v) is 8.39. The number of rotatable bonds is 10. The van der Waals surface area contributed by atoms with Gasteiger partial charge in [0, 0.05) is 27.2 Å². The number of esters is 2. The number of methoxy groups -OCH3 is 2. The summed E-state index contributed by atoms with van der Waals surface area (Å²) in [7, 11) is 2.95. The van der Waals surface area contributed by atoms with E-state index in [1.807, 2.05) is 18.2 Å². The van der Waals surface area contributed by atoms with Crippen molar-refractivity contribution >= 4 is 11.9 Å². The highest BCUT2D eigenvalue weighted by molar-refractivity contribution is 5.83. The Morgan fingerprint density at radius 3 is 2.48 bits per heavy atom. The van der Waals surface area contributed by atoms with Gasteiger partial charge in [0.1, 0.15) is 25.8 Å². The third kappa shape index (κ3) is 6.14. The first kappa shape index (κ1) is 21.0. The van der Waals surface area contributed by atoms with Gasteiger partial charge in [-0.15, -0.1) is 0 Å². The number of benzene rings is 1. The van der Waals surface area contributed by atoms with E-state index in [-0.39, 0.29) is 13.6 Å². The molecule has 1 aliphatic rings. The molecule has 1 aliphatic heterocycles. The van der Waals surface area contributed by atoms with Crippen LogP contribution in [0, 0.1) is 0 Å². The van der Waals surface area contributed by atoms with Gasteiger partial charge in [0.05, 0.1) is 0 Å². The van der Waals surface area contributed by atoms with E-state index in [1.165, 1.54) is 27.2 Å². The Balaban J connectivity index is 2.37. The fourth-order valence-corrected chi connectivity index (χ4v) is 2.72. The molecule has 1 aromatic carbocycles. The van der Waals surface area contributed by atoms with Crippen LogP contribution in [-0.2, 0) is 38.0 Å². The van der Waals surface area contributed by atoms with Crippen LogP contribution in [0.25, 0.3) is 0 Å². The van der Waals surface area contributed by atoms with Crippen molar-refractivity contribution in [3.05, 3.63) is 48.0 Å². The molecule has 8 nitrogen and oxygen atoms in total. The summed E-state index contributed by atoms with van der Waals surface area (Å²) in [5.41, 5.74) is 0.685. The summed E-state index contributed by atoms with van der Waals surface area (Å²) in [6.07, 6.45) is -0.394. The van der Waals surface area contributed by atoms with Gasteiger partial charge in [-0.3, -0.25) is 4.79 Å². The smallest absolute Gasteiger partial charge is 0.330 e. The van der Waals surface area contributed by atoms with Crippen molar-refractivity contribution in [2.45, 2.75) is 31.3 Å². The van der Waals surface area contributed by atoms with Gasteiger partial charge in [0.25, 0.3) is 0 Å². The fraction of sp³-hybridized carbons (Fsp3) is 0.474. The maximum Gasteiger partial charge on any atom is 0.330 e. The Bertz CT molecular complexity index is 630. The van der Waals surface area contributed by atoms with Crippen molar-refractivity contribution in [3.63, 3.8) is 0 Å². The van der Waals surface area contributed by atoms with E-state index < -0.39 is 36.4 Å². The molecule has 0 N–H and O–H groups in total. The molecule has 0 amide bonds. The highest BCUT2D eigenvalue weighted by atomic mass is 16.7. The van der Waals surface area contributed by atoms with E-state index in [0.29, 0.717) is 5.56 Å². The Hall–Kier alpha value is -2.26. The van der Waals surface area contributed by atoms with Crippen molar-refractivity contribution < 1.29 is 38.0 Å². The van der Waals surface area contributed by atoms with E-state index in [4.69, 9.17) is 28.4 Å². The largest absolute Gasteiger partial charge is 0.455 e. The minimum Gasteiger partial charge on any atom is -0.455 e. The zero-order valence-corrected chi connectivity index (χ0v) is 15.5. The van der Waals surface area contributed by atoms with Gasteiger partial charge in [-0.05, 0) is 11.6 Å². The molecule has 1 heterocycles. The summed E-state index contributed by atoms with van der Waals surface area (Å²) < 4.78 is 32.3. The minimum absolute atomic E-state index is 0.0103. The second-order valence-electron chi connectivity index (χ2n) is 5.78. The normalized spacial score (nSPS) is 21.4. The molecule has 1 unspecified atom stereocenters. The topological polar surface area (TPSA) is 89.5 Å². The SMILES string of the molecule is COCO[C@H]1C=CC(=O)OC1[C@H](OCOC)[C@H](OC(C)=O)c1ccccc1. The van der Waals surface area contributed by atoms with E-state index in [0.717, 1.165) is 0 Å². The van der Waals surface area contributed by atoms with Crippen LogP contribution in [0.3, 0.4) is 0 Å². The summed E-state index contributed by atoms with van der Waals surface area (Å²) in [5, 5.41) is 0. The van der Waals surface area contributed by atoms with Crippen LogP contribution in [0.4, 0.5) is 0 Å². The molecule has 0 aliphatic carbocycles. The average molecular weight is 380 g/mol. The molecule has 0 saturated carbocycles. The van der Waals surface area contributed by atoms with E-state index >= 15 is 0 Å². The number of ether oxygens (including phenoxy) is 6. The maximum atomic E-state index is 11.9. The van der Waals surface area contributed by atoms with Gasteiger partial charge < -0.3 is 28.4 Å². The molecular formula is C19H24O8. The second-order valence-corrected chi connectivity index (χ2v) is 5.78. The van der Waals surface area contributed by atoms with Crippen LogP contribution in [0.1, 0.15) is 18.6 Å². The predicted octanol–water partition coefficient (Wildman–Crippen LogP) is 1.75. The van der Waals surface area contributed by atoms with E-state index in [2.05, 4.69) is 0 Å². The van der Waals surface area contributed by atoms with E-state index in [1.54, 1.807) is 18.2 Å². The lowest BCUT2D eigenvalue weighted by molar-refractivity contribution is -0.210. The lowest BCUT2D eigenvalue weighted by Crippen LogP contribution is -2.48. The van der Waals surface area contributed by atoms with Gasteiger partial charge in [-0.1, -0.05) is 30.3 Å². The number of carbonyl (C=O) groups excluding carboxylic acids is 2. The zero-order valence-electron chi connectivity index (χ0n) is 15.5. The highest BCUT2D eigenvalue weighted by Crippen LogP contribution is 2.31. The lowest BCUT2D eigenvalue weighted by atomic mass is 9.95. The van der Waals surface area contributed by atoms with Gasteiger partial charge >= 0.3 is 11.9 Å². The Kier molecular flexibility index (Phi) is 8.41. The molecule has 2 rings (SSSR count). The Labute approximate surface area is 157 Å². The standard InChI is InChI=1S/C19H24O8/c1-13(20)26-17(14-7-5-4-6-8-14)19(25-12-23-3)18-15(24-11-22-2)9-10-16(21)27-18/h4-10,15,17-19H,11-12H2,1-3H3/t15-,17+,18?,19+/m0/s1. The minimum atomic E-state index is -0.877. The van der Waals surface area contributed by atoms with Crippen molar-refractivity contribution in [1.82, 2.24) is 0 Å². The lowest BCUT2D eigenvalue weighted by Gasteiger charge is -2.36. The summed E-state index contributed by atoms with van der Waals surface area (Å²) in [5.74, 6) is -1.04. The van der Waals surface area contributed by atoms with Gasteiger partial charge in [-0.25, -0.2) is 4.79 Å². The fourth-order valence-electron chi connectivity index (χ4n) is 2.72. The van der Waals surface area contributed by atoms with Crippen LogP contribution in [0.2, 0.25) is 0 Å². The van der Waals surface area contributed by atoms with Gasteiger partial charge in [-0.2, -0.15) is 0 Å². The number of hydrogen-bond donors (Lipinski definition) is 0. The van der Waals surface area contributed by atoms with E-state index in [9.17, 15) is 9.59 Å². The van der Waals surface area contributed by atoms with Crippen LogP contribution >= 0.6 is 0 Å². The second kappa shape index (κ2) is 10.8. The van der Waals surface area contributed by atoms with Crippen molar-refractivity contribution in [1.29, 1.82) is 0 Å². The van der Waals surface area contributed by atoms with Gasteiger partial charge in [0.2, 0.25) is 0 Å². The molecule has 27 heavy (non-hydrogen) atoms. The molecule has 4 atom stereocenters. The van der Waals surface area contributed by atoms with Crippen molar-refractivity contribution in [3.8, 4) is 0 Å². The van der Waals surface area contributed by atoms with Crippen LogP contribution in [0.15, 0.2) is 42.5 Å². The predicted molar refractivity (Wildman–Crippen MR) is 93.5 cm³/mol. The average Bonchev–Trinajstić information content (AvgIpc) is 2.67. The Morgan fingerprint density at radius 1 is 1.15 bits per heavy atom. The first-order valence-electron chi connectivity index (χ1n) is 8.39. The van der Waals surface area contributed by atoms with Crippen LogP contribution in [0.5, 0.6) is 0 Å². The molecule has 1 aromatic rings. The maximum absolute atomic E-state index is 11.9. The third-order valence-electron chi connectivity index (χ3n) is 3.80. The van der Waals surface area contributed by atoms with Gasteiger partial charge in [0.15, 0.2) is 12.2 Å². The molecule has 0 saturated heterocycles. The molecule has 8 heteroatoms.